The zero-order valence-electron chi connectivity index (χ0n) is 9.95. The maximum atomic E-state index is 5.65. The highest BCUT2D eigenvalue weighted by Crippen LogP contribution is 2.20. The minimum atomic E-state index is 0.601. The molecule has 0 aliphatic heterocycles. The Morgan fingerprint density at radius 2 is 1.87 bits per heavy atom. The zero-order chi connectivity index (χ0) is 11.3. The van der Waals surface area contributed by atoms with Crippen molar-refractivity contribution in [1.29, 1.82) is 0 Å². The number of pyridine rings is 1. The molecule has 84 valence electrons. The van der Waals surface area contributed by atoms with E-state index in [0.717, 1.165) is 25.9 Å². The number of nitrogens with zero attached hydrogens (tertiary/aromatic N) is 2. The molecule has 0 atom stereocenters. The molecule has 1 heterocycles. The molecule has 0 aliphatic rings. The monoisotopic (exact) mass is 207 g/mol. The van der Waals surface area contributed by atoms with Gasteiger partial charge in [-0.1, -0.05) is 13.8 Å². The molecule has 2 N–H and O–H groups in total. The molecule has 15 heavy (non-hydrogen) atoms. The van der Waals surface area contributed by atoms with Crippen molar-refractivity contribution in [3.05, 3.63) is 17.8 Å². The van der Waals surface area contributed by atoms with Crippen LogP contribution in [-0.4, -0.2) is 18.1 Å². The summed E-state index contributed by atoms with van der Waals surface area (Å²) in [6, 6.07) is 1.94. The Morgan fingerprint density at radius 3 is 2.33 bits per heavy atom. The van der Waals surface area contributed by atoms with Crippen LogP contribution in [0.3, 0.4) is 0 Å². The molecule has 0 fully saturated rings. The first-order valence-electron chi connectivity index (χ1n) is 5.66. The molecule has 0 bridgehead atoms. The van der Waals surface area contributed by atoms with Gasteiger partial charge in [-0.3, -0.25) is 0 Å². The van der Waals surface area contributed by atoms with Gasteiger partial charge in [0.15, 0.2) is 0 Å². The Kier molecular flexibility index (Phi) is 4.40. The van der Waals surface area contributed by atoms with Gasteiger partial charge in [-0.05, 0) is 31.4 Å². The molecule has 3 nitrogen and oxygen atoms in total. The lowest BCUT2D eigenvalue weighted by molar-refractivity contribution is 0.741. The van der Waals surface area contributed by atoms with Crippen molar-refractivity contribution >= 4 is 11.5 Å². The van der Waals surface area contributed by atoms with Crippen LogP contribution in [0.4, 0.5) is 11.5 Å². The summed E-state index contributed by atoms with van der Waals surface area (Å²) in [5.74, 6) is 0.601. The Labute approximate surface area is 92.3 Å². The van der Waals surface area contributed by atoms with Gasteiger partial charge in [0.25, 0.3) is 0 Å². The fraction of sp³-hybridized carbons (Fsp3) is 0.583. The van der Waals surface area contributed by atoms with Crippen LogP contribution in [0.15, 0.2) is 12.3 Å². The maximum absolute atomic E-state index is 5.65. The summed E-state index contributed by atoms with van der Waals surface area (Å²) in [4.78, 5) is 6.54. The van der Waals surface area contributed by atoms with Crippen molar-refractivity contribution in [3.63, 3.8) is 0 Å². The zero-order valence-corrected chi connectivity index (χ0v) is 9.95. The number of hydrogen-bond acceptors (Lipinski definition) is 3. The molecule has 3 heteroatoms. The number of nitrogen functional groups attached to an aromatic ring is 1. The summed E-state index contributed by atoms with van der Waals surface area (Å²) in [5.41, 5.74) is 8.07. The third-order valence-corrected chi connectivity index (χ3v) is 2.43. The molecule has 0 unspecified atom stereocenters. The second kappa shape index (κ2) is 5.59. The molecule has 1 rings (SSSR count). The number of nitrogens with two attached hydrogens (primary N) is 1. The lowest BCUT2D eigenvalue weighted by atomic mass is 10.2. The van der Waals surface area contributed by atoms with Crippen molar-refractivity contribution in [1.82, 2.24) is 4.98 Å². The largest absolute Gasteiger partial charge is 0.384 e. The van der Waals surface area contributed by atoms with Crippen LogP contribution in [0.1, 0.15) is 32.3 Å². The van der Waals surface area contributed by atoms with Gasteiger partial charge in [0.1, 0.15) is 5.82 Å². The van der Waals surface area contributed by atoms with Crippen LogP contribution in [0.5, 0.6) is 0 Å². The average Bonchev–Trinajstić information content (AvgIpc) is 2.17. The molecule has 0 radical (unpaired) electrons. The predicted octanol–water partition coefficient (Wildman–Crippen LogP) is 2.60. The van der Waals surface area contributed by atoms with Crippen LogP contribution in [-0.2, 0) is 0 Å². The SMILES string of the molecule is CCCN(CCC)c1cnc(N)cc1C. The Hall–Kier alpha value is -1.25. The Balaban J connectivity index is 2.89. The summed E-state index contributed by atoms with van der Waals surface area (Å²) in [5, 5.41) is 0. The van der Waals surface area contributed by atoms with Crippen molar-refractivity contribution in [2.75, 3.05) is 23.7 Å². The second-order valence-corrected chi connectivity index (χ2v) is 3.88. The maximum Gasteiger partial charge on any atom is 0.123 e. The van der Waals surface area contributed by atoms with Crippen LogP contribution in [0.2, 0.25) is 0 Å². The minimum Gasteiger partial charge on any atom is -0.384 e. The molecule has 0 aliphatic carbocycles. The smallest absolute Gasteiger partial charge is 0.123 e. The number of hydrogen-bond donors (Lipinski definition) is 1. The Bertz CT molecular complexity index is 304. The molecule has 0 saturated heterocycles. The van der Waals surface area contributed by atoms with E-state index in [1.807, 2.05) is 12.3 Å². The average molecular weight is 207 g/mol. The van der Waals surface area contributed by atoms with E-state index in [1.165, 1.54) is 11.3 Å². The van der Waals surface area contributed by atoms with Crippen molar-refractivity contribution in [2.24, 2.45) is 0 Å². The highest BCUT2D eigenvalue weighted by atomic mass is 15.1. The van der Waals surface area contributed by atoms with E-state index in [1.54, 1.807) is 0 Å². The van der Waals surface area contributed by atoms with Gasteiger partial charge in [0.05, 0.1) is 11.9 Å². The van der Waals surface area contributed by atoms with E-state index in [0.29, 0.717) is 5.82 Å². The number of anilines is 2. The Morgan fingerprint density at radius 1 is 1.27 bits per heavy atom. The van der Waals surface area contributed by atoms with E-state index < -0.39 is 0 Å². The van der Waals surface area contributed by atoms with Gasteiger partial charge in [-0.25, -0.2) is 4.98 Å². The van der Waals surface area contributed by atoms with Crippen LogP contribution in [0, 0.1) is 6.92 Å². The van der Waals surface area contributed by atoms with Gasteiger partial charge >= 0.3 is 0 Å². The molecule has 0 amide bonds. The van der Waals surface area contributed by atoms with Crippen LogP contribution >= 0.6 is 0 Å². The van der Waals surface area contributed by atoms with Gasteiger partial charge in [-0.2, -0.15) is 0 Å². The second-order valence-electron chi connectivity index (χ2n) is 3.88. The van der Waals surface area contributed by atoms with Crippen molar-refractivity contribution in [3.8, 4) is 0 Å². The number of aryl methyl sites for hydroxylation is 1. The normalized spacial score (nSPS) is 10.3. The van der Waals surface area contributed by atoms with Crippen molar-refractivity contribution < 1.29 is 0 Å². The highest BCUT2D eigenvalue weighted by Gasteiger charge is 2.07. The van der Waals surface area contributed by atoms with Gasteiger partial charge in [0, 0.05) is 13.1 Å². The first-order chi connectivity index (χ1) is 7.19. The van der Waals surface area contributed by atoms with E-state index in [-0.39, 0.29) is 0 Å². The van der Waals surface area contributed by atoms with Gasteiger partial charge in [0.2, 0.25) is 0 Å². The third-order valence-electron chi connectivity index (χ3n) is 2.43. The molecular formula is C12H21N3. The van der Waals surface area contributed by atoms with E-state index >= 15 is 0 Å². The summed E-state index contributed by atoms with van der Waals surface area (Å²) in [6.45, 7) is 8.65. The minimum absolute atomic E-state index is 0.601. The highest BCUT2D eigenvalue weighted by molar-refractivity contribution is 5.54. The topological polar surface area (TPSA) is 42.2 Å². The third kappa shape index (κ3) is 3.11. The first-order valence-corrected chi connectivity index (χ1v) is 5.66. The molecule has 0 spiro atoms. The number of aromatic nitrogens is 1. The quantitative estimate of drug-likeness (QED) is 0.807. The fourth-order valence-electron chi connectivity index (χ4n) is 1.79. The first kappa shape index (κ1) is 11.8. The molecule has 0 aromatic carbocycles. The fourth-order valence-corrected chi connectivity index (χ4v) is 1.79. The van der Waals surface area contributed by atoms with Crippen molar-refractivity contribution in [2.45, 2.75) is 33.6 Å². The molecule has 1 aromatic rings. The van der Waals surface area contributed by atoms with Crippen LogP contribution < -0.4 is 10.6 Å². The summed E-state index contributed by atoms with van der Waals surface area (Å²) in [6.07, 6.45) is 4.20. The van der Waals surface area contributed by atoms with E-state index in [2.05, 4.69) is 30.7 Å². The summed E-state index contributed by atoms with van der Waals surface area (Å²) in [7, 11) is 0. The van der Waals surface area contributed by atoms with Crippen LogP contribution in [0.25, 0.3) is 0 Å². The molecular weight excluding hydrogens is 186 g/mol. The van der Waals surface area contributed by atoms with E-state index in [9.17, 15) is 0 Å². The van der Waals surface area contributed by atoms with E-state index in [4.69, 9.17) is 5.73 Å². The van der Waals surface area contributed by atoms with Gasteiger partial charge in [-0.15, -0.1) is 0 Å². The summed E-state index contributed by atoms with van der Waals surface area (Å²) < 4.78 is 0. The lowest BCUT2D eigenvalue weighted by Crippen LogP contribution is -2.25. The number of rotatable bonds is 5. The standard InChI is InChI=1S/C12H21N3/c1-4-6-15(7-5-2)11-9-14-12(13)8-10(11)3/h8-9H,4-7H2,1-3H3,(H2,13,14). The predicted molar refractivity (Wildman–Crippen MR) is 66.2 cm³/mol. The molecule has 1 aromatic heterocycles. The molecule has 0 saturated carbocycles. The van der Waals surface area contributed by atoms with Gasteiger partial charge < -0.3 is 10.6 Å². The summed E-state index contributed by atoms with van der Waals surface area (Å²) >= 11 is 0. The lowest BCUT2D eigenvalue weighted by Gasteiger charge is -2.25.